The van der Waals surface area contributed by atoms with Crippen LogP contribution in [0.15, 0.2) is 12.2 Å². The number of hydrogen-bond acceptors (Lipinski definition) is 2. The van der Waals surface area contributed by atoms with Crippen LogP contribution in [0.25, 0.3) is 0 Å². The first-order valence-electron chi connectivity index (χ1n) is 5.12. The first kappa shape index (κ1) is 8.01. The van der Waals surface area contributed by atoms with Crippen LogP contribution < -0.4 is 0 Å². The van der Waals surface area contributed by atoms with E-state index in [-0.39, 0.29) is 11.7 Å². The average molecular weight is 180 g/mol. The summed E-state index contributed by atoms with van der Waals surface area (Å²) in [5, 5.41) is 10.1. The van der Waals surface area contributed by atoms with E-state index >= 15 is 0 Å². The van der Waals surface area contributed by atoms with Crippen molar-refractivity contribution in [1.29, 1.82) is 0 Å². The fraction of sp³-hybridized carbons (Fsp3) is 0.818. The fourth-order valence-electron chi connectivity index (χ4n) is 4.02. The van der Waals surface area contributed by atoms with Gasteiger partial charge in [-0.2, -0.15) is 0 Å². The van der Waals surface area contributed by atoms with Gasteiger partial charge in [0, 0.05) is 18.9 Å². The van der Waals surface area contributed by atoms with E-state index in [9.17, 15) is 5.11 Å². The summed E-state index contributed by atoms with van der Waals surface area (Å²) in [6.45, 7) is 4.12. The Hall–Kier alpha value is -0.340. The summed E-state index contributed by atoms with van der Waals surface area (Å²) in [6.07, 6.45) is 3.16. The summed E-state index contributed by atoms with van der Waals surface area (Å²) < 4.78 is 5.59. The summed E-state index contributed by atoms with van der Waals surface area (Å²) in [5.41, 5.74) is 1.01. The summed E-state index contributed by atoms with van der Waals surface area (Å²) in [7, 11) is 1.73. The van der Waals surface area contributed by atoms with Crippen LogP contribution in [-0.4, -0.2) is 23.9 Å². The molecule has 0 aliphatic heterocycles. The Morgan fingerprint density at radius 3 is 2.92 bits per heavy atom. The molecule has 2 nitrogen and oxygen atoms in total. The Morgan fingerprint density at radius 2 is 2.38 bits per heavy atom. The summed E-state index contributed by atoms with van der Waals surface area (Å²) >= 11 is 0. The van der Waals surface area contributed by atoms with Gasteiger partial charge in [0.25, 0.3) is 0 Å². The zero-order chi connectivity index (χ0) is 9.22. The minimum Gasteiger partial charge on any atom is -0.389 e. The van der Waals surface area contributed by atoms with E-state index in [1.54, 1.807) is 7.11 Å². The van der Waals surface area contributed by atoms with Gasteiger partial charge in [-0.05, 0) is 25.2 Å². The van der Waals surface area contributed by atoms with E-state index in [2.05, 4.69) is 6.58 Å². The van der Waals surface area contributed by atoms with Gasteiger partial charge in [0.2, 0.25) is 0 Å². The lowest BCUT2D eigenvalue weighted by molar-refractivity contribution is -0.172. The zero-order valence-electron chi connectivity index (χ0n) is 7.99. The van der Waals surface area contributed by atoms with Crippen molar-refractivity contribution in [1.82, 2.24) is 0 Å². The maximum Gasteiger partial charge on any atom is 0.101 e. The molecule has 4 aliphatic carbocycles. The minimum atomic E-state index is -0.275. The molecule has 4 rings (SSSR count). The maximum atomic E-state index is 10.1. The molecule has 0 spiro atoms. The van der Waals surface area contributed by atoms with Crippen molar-refractivity contribution in [3.63, 3.8) is 0 Å². The molecule has 0 heterocycles. The van der Waals surface area contributed by atoms with Crippen LogP contribution in [0.3, 0.4) is 0 Å². The number of aliphatic hydroxyl groups excluding tert-OH is 1. The number of ether oxygens (including phenoxy) is 1. The number of fused-ring (bicyclic) bond motifs is 1. The highest BCUT2D eigenvalue weighted by Crippen LogP contribution is 2.64. The van der Waals surface area contributed by atoms with E-state index in [1.165, 1.54) is 18.4 Å². The van der Waals surface area contributed by atoms with Crippen molar-refractivity contribution in [2.24, 2.45) is 17.8 Å². The Morgan fingerprint density at radius 1 is 1.62 bits per heavy atom. The molecule has 5 atom stereocenters. The van der Waals surface area contributed by atoms with Crippen LogP contribution in [0.2, 0.25) is 0 Å². The third kappa shape index (κ3) is 0.658. The minimum absolute atomic E-state index is 0.253. The van der Waals surface area contributed by atoms with Gasteiger partial charge in [0.1, 0.15) is 5.60 Å². The molecule has 0 radical (unpaired) electrons. The van der Waals surface area contributed by atoms with Gasteiger partial charge >= 0.3 is 0 Å². The Bertz CT molecular complexity index is 273. The first-order chi connectivity index (χ1) is 6.20. The standard InChI is InChI=1S/C11H16O2/c1-6-8-5-7-3-4-11(8,13-2)10(12)9(6)7/h7-10,12H,1,3-5H2,2H3/t7-,8+,9+,10+,11+/m0/s1. The van der Waals surface area contributed by atoms with Crippen molar-refractivity contribution < 1.29 is 9.84 Å². The molecule has 4 fully saturated rings. The maximum absolute atomic E-state index is 10.1. The van der Waals surface area contributed by atoms with Crippen LogP contribution in [0.1, 0.15) is 19.3 Å². The predicted octanol–water partition coefficient (Wildman–Crippen LogP) is 1.35. The van der Waals surface area contributed by atoms with Gasteiger partial charge in [-0.1, -0.05) is 12.2 Å². The van der Waals surface area contributed by atoms with Gasteiger partial charge < -0.3 is 9.84 Å². The summed E-state index contributed by atoms with van der Waals surface area (Å²) in [6, 6.07) is 0. The first-order valence-corrected chi connectivity index (χ1v) is 5.12. The van der Waals surface area contributed by atoms with Gasteiger partial charge in [0.15, 0.2) is 0 Å². The highest BCUT2D eigenvalue weighted by molar-refractivity contribution is 5.33. The summed E-state index contributed by atoms with van der Waals surface area (Å²) in [5.74, 6) is 1.49. The van der Waals surface area contributed by atoms with Gasteiger partial charge in [0.05, 0.1) is 6.10 Å². The second-order valence-corrected chi connectivity index (χ2v) is 4.79. The molecule has 0 aromatic carbocycles. The van der Waals surface area contributed by atoms with Crippen molar-refractivity contribution in [2.75, 3.05) is 7.11 Å². The van der Waals surface area contributed by atoms with Crippen LogP contribution >= 0.6 is 0 Å². The van der Waals surface area contributed by atoms with Gasteiger partial charge in [-0.25, -0.2) is 0 Å². The molecule has 1 N–H and O–H groups in total. The molecule has 0 amide bonds. The second kappa shape index (κ2) is 2.18. The third-order valence-electron chi connectivity index (χ3n) is 4.64. The van der Waals surface area contributed by atoms with Gasteiger partial charge in [-0.3, -0.25) is 0 Å². The second-order valence-electron chi connectivity index (χ2n) is 4.79. The number of hydrogen-bond donors (Lipinski definition) is 1. The average Bonchev–Trinajstić information content (AvgIpc) is 2.53. The summed E-state index contributed by atoms with van der Waals surface area (Å²) in [4.78, 5) is 0. The normalized spacial score (nSPS) is 57.8. The highest BCUT2D eigenvalue weighted by Gasteiger charge is 2.66. The third-order valence-corrected chi connectivity index (χ3v) is 4.64. The molecule has 4 bridgehead atoms. The number of rotatable bonds is 1. The Kier molecular flexibility index (Phi) is 1.34. The molecule has 13 heavy (non-hydrogen) atoms. The van der Waals surface area contributed by atoms with Crippen LogP contribution in [0.4, 0.5) is 0 Å². The lowest BCUT2D eigenvalue weighted by Gasteiger charge is -2.47. The zero-order valence-corrected chi connectivity index (χ0v) is 7.99. The molecular formula is C11H16O2. The molecular weight excluding hydrogens is 164 g/mol. The van der Waals surface area contributed by atoms with Crippen molar-refractivity contribution >= 4 is 0 Å². The van der Waals surface area contributed by atoms with Crippen molar-refractivity contribution in [2.45, 2.75) is 31.0 Å². The molecule has 0 aromatic rings. The Balaban J connectivity index is 2.10. The molecule has 0 aromatic heterocycles. The van der Waals surface area contributed by atoms with E-state index in [1.807, 2.05) is 0 Å². The van der Waals surface area contributed by atoms with Crippen molar-refractivity contribution in [3.8, 4) is 0 Å². The van der Waals surface area contributed by atoms with Crippen LogP contribution in [0, 0.1) is 17.8 Å². The monoisotopic (exact) mass is 180 g/mol. The largest absolute Gasteiger partial charge is 0.389 e. The lowest BCUT2D eigenvalue weighted by atomic mass is 9.66. The highest BCUT2D eigenvalue weighted by atomic mass is 16.5. The smallest absolute Gasteiger partial charge is 0.101 e. The predicted molar refractivity (Wildman–Crippen MR) is 49.2 cm³/mol. The molecule has 72 valence electrons. The van der Waals surface area contributed by atoms with Gasteiger partial charge in [-0.15, -0.1) is 0 Å². The quantitative estimate of drug-likeness (QED) is 0.617. The SMILES string of the molecule is C=C1[C@@H]2[C@H]3CC[C@@](OC)([C@@H]1C3)[C@@H]2O. The van der Waals surface area contributed by atoms with Crippen LogP contribution in [0.5, 0.6) is 0 Å². The lowest BCUT2D eigenvalue weighted by Crippen LogP contribution is -2.54. The molecule has 4 aliphatic rings. The Labute approximate surface area is 78.6 Å². The number of methoxy groups -OCH3 is 1. The molecule has 0 saturated heterocycles. The fourth-order valence-corrected chi connectivity index (χ4v) is 4.02. The topological polar surface area (TPSA) is 29.5 Å². The number of aliphatic hydroxyl groups is 1. The van der Waals surface area contributed by atoms with E-state index in [0.717, 1.165) is 6.42 Å². The van der Waals surface area contributed by atoms with E-state index in [0.29, 0.717) is 17.8 Å². The van der Waals surface area contributed by atoms with E-state index < -0.39 is 0 Å². The molecule has 2 heteroatoms. The molecule has 0 unspecified atom stereocenters. The van der Waals surface area contributed by atoms with E-state index in [4.69, 9.17) is 4.74 Å². The van der Waals surface area contributed by atoms with Crippen molar-refractivity contribution in [3.05, 3.63) is 12.2 Å². The van der Waals surface area contributed by atoms with Crippen LogP contribution in [-0.2, 0) is 4.74 Å². The molecule has 4 saturated carbocycles.